The van der Waals surface area contributed by atoms with E-state index in [0.29, 0.717) is 11.6 Å². The number of rotatable bonds is 4. The Balaban J connectivity index is 1.66. The number of esters is 1. The molecule has 2 heterocycles. The molecule has 8 heteroatoms. The minimum absolute atomic E-state index is 0.174. The van der Waals surface area contributed by atoms with Gasteiger partial charge < -0.3 is 9.15 Å². The van der Waals surface area contributed by atoms with Crippen molar-refractivity contribution in [3.63, 3.8) is 0 Å². The van der Waals surface area contributed by atoms with Crippen molar-refractivity contribution in [2.75, 3.05) is 0 Å². The average Bonchev–Trinajstić information content (AvgIpc) is 3.23. The summed E-state index contributed by atoms with van der Waals surface area (Å²) in [7, 11) is 0. The van der Waals surface area contributed by atoms with Gasteiger partial charge in [-0.25, -0.2) is 9.78 Å². The van der Waals surface area contributed by atoms with Crippen LogP contribution in [0.3, 0.4) is 0 Å². The van der Waals surface area contributed by atoms with E-state index in [4.69, 9.17) is 9.15 Å². The summed E-state index contributed by atoms with van der Waals surface area (Å²) < 4.78 is 48.2. The van der Waals surface area contributed by atoms with E-state index in [1.807, 2.05) is 17.5 Å². The lowest BCUT2D eigenvalue weighted by Crippen LogP contribution is -2.09. The van der Waals surface area contributed by atoms with Crippen molar-refractivity contribution in [1.82, 2.24) is 4.98 Å². The number of alkyl halides is 3. The maximum atomic E-state index is 12.6. The first kappa shape index (κ1) is 16.3. The van der Waals surface area contributed by atoms with Gasteiger partial charge in [-0.2, -0.15) is 13.2 Å². The third-order valence-corrected chi connectivity index (χ3v) is 3.92. The minimum atomic E-state index is -4.52. The van der Waals surface area contributed by atoms with Crippen LogP contribution in [0.2, 0.25) is 0 Å². The number of hydrogen-bond donors (Lipinski definition) is 0. The van der Waals surface area contributed by atoms with E-state index in [1.54, 1.807) is 0 Å². The van der Waals surface area contributed by atoms with Gasteiger partial charge >= 0.3 is 12.1 Å². The van der Waals surface area contributed by atoms with Crippen molar-refractivity contribution in [2.24, 2.45) is 0 Å². The Hall–Kier alpha value is -2.61. The fourth-order valence-electron chi connectivity index (χ4n) is 1.93. The van der Waals surface area contributed by atoms with Crippen LogP contribution in [-0.2, 0) is 17.5 Å². The summed E-state index contributed by atoms with van der Waals surface area (Å²) in [5, 5.41) is 1.87. The zero-order chi connectivity index (χ0) is 17.2. The summed E-state index contributed by atoms with van der Waals surface area (Å²) in [4.78, 5) is 16.9. The van der Waals surface area contributed by atoms with Gasteiger partial charge in [0.25, 0.3) is 0 Å². The fourth-order valence-corrected chi connectivity index (χ4v) is 2.59. The van der Waals surface area contributed by atoms with Crippen LogP contribution in [0.5, 0.6) is 0 Å². The molecule has 0 atom stereocenters. The van der Waals surface area contributed by atoms with E-state index in [2.05, 4.69) is 4.98 Å². The normalized spacial score (nSPS) is 11.5. The van der Waals surface area contributed by atoms with Gasteiger partial charge in [0.15, 0.2) is 0 Å². The standard InChI is InChI=1S/C16H10F3NO3S/c17-16(18,19)11-4-1-3-10(7-11)15(21)23-9-12-8-22-14(20-12)13-5-2-6-24-13/h1-8H,9H2. The molecule has 0 bridgehead atoms. The highest BCUT2D eigenvalue weighted by atomic mass is 32.1. The number of aromatic nitrogens is 1. The number of carbonyl (C=O) groups is 1. The number of thiophene rings is 1. The summed E-state index contributed by atoms with van der Waals surface area (Å²) >= 11 is 1.44. The quantitative estimate of drug-likeness (QED) is 0.634. The molecule has 2 aromatic heterocycles. The van der Waals surface area contributed by atoms with Gasteiger partial charge in [-0.3, -0.25) is 0 Å². The van der Waals surface area contributed by atoms with Crippen LogP contribution in [0.4, 0.5) is 13.2 Å². The minimum Gasteiger partial charge on any atom is -0.455 e. The lowest BCUT2D eigenvalue weighted by molar-refractivity contribution is -0.137. The fraction of sp³-hybridized carbons (Fsp3) is 0.125. The van der Waals surface area contributed by atoms with Gasteiger partial charge in [-0.15, -0.1) is 11.3 Å². The molecule has 124 valence electrons. The molecule has 0 amide bonds. The van der Waals surface area contributed by atoms with E-state index in [-0.39, 0.29) is 12.2 Å². The Kier molecular flexibility index (Phi) is 4.39. The Morgan fingerprint density at radius 1 is 1.25 bits per heavy atom. The molecule has 4 nitrogen and oxygen atoms in total. The SMILES string of the molecule is O=C(OCc1coc(-c2cccs2)n1)c1cccc(C(F)(F)F)c1. The predicted molar refractivity (Wildman–Crippen MR) is 80.4 cm³/mol. The number of oxazole rings is 1. The highest BCUT2D eigenvalue weighted by Gasteiger charge is 2.31. The smallest absolute Gasteiger partial charge is 0.416 e. The lowest BCUT2D eigenvalue weighted by atomic mass is 10.1. The molecule has 3 rings (SSSR count). The topological polar surface area (TPSA) is 52.3 Å². The molecule has 0 saturated carbocycles. The number of carbonyl (C=O) groups excluding carboxylic acids is 1. The molecule has 0 saturated heterocycles. The van der Waals surface area contributed by atoms with Crippen LogP contribution in [-0.4, -0.2) is 11.0 Å². The predicted octanol–water partition coefficient (Wildman–Crippen LogP) is 4.78. The summed E-state index contributed by atoms with van der Waals surface area (Å²) in [5.41, 5.74) is -0.705. The molecule has 0 unspecified atom stereocenters. The van der Waals surface area contributed by atoms with E-state index in [9.17, 15) is 18.0 Å². The maximum Gasteiger partial charge on any atom is 0.416 e. The molecular weight excluding hydrogens is 343 g/mol. The molecule has 0 N–H and O–H groups in total. The number of nitrogens with zero attached hydrogens (tertiary/aromatic N) is 1. The average molecular weight is 353 g/mol. The van der Waals surface area contributed by atoms with E-state index >= 15 is 0 Å². The Morgan fingerprint density at radius 2 is 2.08 bits per heavy atom. The van der Waals surface area contributed by atoms with Crippen molar-refractivity contribution in [2.45, 2.75) is 12.8 Å². The van der Waals surface area contributed by atoms with Gasteiger partial charge in [0.05, 0.1) is 16.0 Å². The number of benzene rings is 1. The van der Waals surface area contributed by atoms with E-state index in [0.717, 1.165) is 23.1 Å². The second-order valence-corrected chi connectivity index (χ2v) is 5.72. The van der Waals surface area contributed by atoms with Crippen molar-refractivity contribution in [3.05, 3.63) is 64.9 Å². The molecule has 0 spiro atoms. The second kappa shape index (κ2) is 6.48. The molecule has 3 aromatic rings. The van der Waals surface area contributed by atoms with Crippen molar-refractivity contribution < 1.29 is 27.1 Å². The monoisotopic (exact) mass is 353 g/mol. The molecular formula is C16H10F3NO3S. The van der Waals surface area contributed by atoms with Crippen molar-refractivity contribution >= 4 is 17.3 Å². The van der Waals surface area contributed by atoms with Gasteiger partial charge in [0, 0.05) is 0 Å². The highest BCUT2D eigenvalue weighted by molar-refractivity contribution is 7.13. The zero-order valence-corrected chi connectivity index (χ0v) is 12.9. The van der Waals surface area contributed by atoms with Gasteiger partial charge in [0.2, 0.25) is 5.89 Å². The molecule has 0 aliphatic heterocycles. The molecule has 1 aromatic carbocycles. The van der Waals surface area contributed by atoms with Crippen LogP contribution >= 0.6 is 11.3 Å². The Morgan fingerprint density at radius 3 is 2.79 bits per heavy atom. The molecule has 24 heavy (non-hydrogen) atoms. The van der Waals surface area contributed by atoms with E-state index < -0.39 is 17.7 Å². The second-order valence-electron chi connectivity index (χ2n) is 4.78. The summed E-state index contributed by atoms with van der Waals surface area (Å²) in [6.45, 7) is -0.191. The lowest BCUT2D eigenvalue weighted by Gasteiger charge is -2.08. The molecule has 0 aliphatic carbocycles. The van der Waals surface area contributed by atoms with Crippen molar-refractivity contribution in [3.8, 4) is 10.8 Å². The van der Waals surface area contributed by atoms with Gasteiger partial charge in [-0.1, -0.05) is 12.1 Å². The first-order chi connectivity index (χ1) is 11.4. The molecule has 0 aliphatic rings. The van der Waals surface area contributed by atoms with Crippen LogP contribution in [0.1, 0.15) is 21.6 Å². The van der Waals surface area contributed by atoms with Crippen LogP contribution in [0.15, 0.2) is 52.5 Å². The summed E-state index contributed by atoms with van der Waals surface area (Å²) in [6.07, 6.45) is -3.17. The third-order valence-electron chi connectivity index (χ3n) is 3.06. The van der Waals surface area contributed by atoms with Crippen molar-refractivity contribution in [1.29, 1.82) is 0 Å². The molecule has 0 fully saturated rings. The zero-order valence-electron chi connectivity index (χ0n) is 12.0. The number of ether oxygens (including phenoxy) is 1. The summed E-state index contributed by atoms with van der Waals surface area (Å²) in [5.74, 6) is -0.461. The van der Waals surface area contributed by atoms with Gasteiger partial charge in [-0.05, 0) is 29.6 Å². The first-order valence-corrected chi connectivity index (χ1v) is 7.64. The maximum absolute atomic E-state index is 12.6. The summed E-state index contributed by atoms with van der Waals surface area (Å²) in [6, 6.07) is 7.73. The van der Waals surface area contributed by atoms with Crippen LogP contribution in [0, 0.1) is 0 Å². The Labute approximate surface area is 138 Å². The number of halogens is 3. The number of hydrogen-bond acceptors (Lipinski definition) is 5. The van der Waals surface area contributed by atoms with Gasteiger partial charge in [0.1, 0.15) is 18.6 Å². The first-order valence-electron chi connectivity index (χ1n) is 6.76. The largest absolute Gasteiger partial charge is 0.455 e. The third kappa shape index (κ3) is 3.65. The highest BCUT2D eigenvalue weighted by Crippen LogP contribution is 2.29. The van der Waals surface area contributed by atoms with Crippen LogP contribution in [0.25, 0.3) is 10.8 Å². The Bertz CT molecular complexity index is 840. The van der Waals surface area contributed by atoms with Crippen LogP contribution < -0.4 is 0 Å². The van der Waals surface area contributed by atoms with E-state index in [1.165, 1.54) is 23.7 Å². The molecule has 0 radical (unpaired) electrons.